The van der Waals surface area contributed by atoms with Crippen LogP contribution in [-0.4, -0.2) is 11.2 Å². The van der Waals surface area contributed by atoms with Gasteiger partial charge in [0, 0.05) is 0 Å². The fourth-order valence-electron chi connectivity index (χ4n) is 1.31. The van der Waals surface area contributed by atoms with Gasteiger partial charge in [0.15, 0.2) is 0 Å². The molecule has 0 heterocycles. The molecule has 0 aliphatic rings. The summed E-state index contributed by atoms with van der Waals surface area (Å²) in [7, 11) is 0. The molecule has 14 heavy (non-hydrogen) atoms. The van der Waals surface area contributed by atoms with Gasteiger partial charge in [-0.15, -0.1) is 0 Å². The van der Waals surface area contributed by atoms with Gasteiger partial charge < -0.3 is 10.4 Å². The number of hydrogen-bond acceptors (Lipinski definition) is 1. The number of nitrogens with one attached hydrogen (secondary N) is 1. The molecule has 0 radical (unpaired) electrons. The van der Waals surface area contributed by atoms with Gasteiger partial charge in [-0.1, -0.05) is 29.8 Å². The summed E-state index contributed by atoms with van der Waals surface area (Å²) in [5.74, 6) is 0. The first-order chi connectivity index (χ1) is 6.42. The zero-order chi connectivity index (χ0) is 10.8. The summed E-state index contributed by atoms with van der Waals surface area (Å²) < 4.78 is 0. The van der Waals surface area contributed by atoms with Gasteiger partial charge in [-0.25, -0.2) is 4.79 Å². The topological polar surface area (TPSA) is 49.3 Å². The van der Waals surface area contributed by atoms with Gasteiger partial charge in [0.2, 0.25) is 0 Å². The normalized spacial score (nSPS) is 11.1. The quantitative estimate of drug-likeness (QED) is 0.758. The minimum Gasteiger partial charge on any atom is -0.465 e. The van der Waals surface area contributed by atoms with E-state index in [4.69, 9.17) is 5.11 Å². The molecule has 0 saturated heterocycles. The maximum Gasteiger partial charge on any atom is 0.405 e. The van der Waals surface area contributed by atoms with Crippen LogP contribution in [0.2, 0.25) is 0 Å². The molecule has 1 amide bonds. The standard InChI is InChI=1S/C11H15NO2/c1-8-4-6-9(7-5-8)11(2,3)12-10(13)14/h4-7,12H,1-3H3,(H,13,14). The summed E-state index contributed by atoms with van der Waals surface area (Å²) >= 11 is 0. The van der Waals surface area contributed by atoms with E-state index in [-0.39, 0.29) is 0 Å². The first-order valence-electron chi connectivity index (χ1n) is 4.50. The Bertz CT molecular complexity index is 328. The van der Waals surface area contributed by atoms with E-state index in [9.17, 15) is 4.79 Å². The molecule has 3 heteroatoms. The van der Waals surface area contributed by atoms with Gasteiger partial charge in [0.05, 0.1) is 5.54 Å². The van der Waals surface area contributed by atoms with Crippen LogP contribution in [0.3, 0.4) is 0 Å². The maximum absolute atomic E-state index is 10.5. The molecule has 0 bridgehead atoms. The molecule has 2 N–H and O–H groups in total. The third-order valence-corrected chi connectivity index (χ3v) is 2.19. The molecule has 0 aromatic heterocycles. The van der Waals surface area contributed by atoms with E-state index in [1.54, 1.807) is 0 Å². The Labute approximate surface area is 83.8 Å². The fraction of sp³-hybridized carbons (Fsp3) is 0.364. The Morgan fingerprint density at radius 2 is 1.79 bits per heavy atom. The highest BCUT2D eigenvalue weighted by atomic mass is 16.4. The van der Waals surface area contributed by atoms with Gasteiger partial charge in [0.25, 0.3) is 0 Å². The zero-order valence-electron chi connectivity index (χ0n) is 8.66. The zero-order valence-corrected chi connectivity index (χ0v) is 8.66. The van der Waals surface area contributed by atoms with Crippen molar-refractivity contribution in [1.29, 1.82) is 0 Å². The predicted molar refractivity (Wildman–Crippen MR) is 55.4 cm³/mol. The molecule has 1 aromatic rings. The molecule has 1 aromatic carbocycles. The largest absolute Gasteiger partial charge is 0.465 e. The highest BCUT2D eigenvalue weighted by Crippen LogP contribution is 2.19. The van der Waals surface area contributed by atoms with Crippen LogP contribution in [0.5, 0.6) is 0 Å². The van der Waals surface area contributed by atoms with Crippen LogP contribution in [0.4, 0.5) is 4.79 Å². The molecule has 0 spiro atoms. The molecule has 0 unspecified atom stereocenters. The van der Waals surface area contributed by atoms with Crippen LogP contribution < -0.4 is 5.32 Å². The highest BCUT2D eigenvalue weighted by Gasteiger charge is 2.21. The number of aryl methyl sites for hydroxylation is 1. The molecular weight excluding hydrogens is 178 g/mol. The molecule has 0 saturated carbocycles. The molecule has 0 aliphatic carbocycles. The number of rotatable bonds is 2. The number of hydrogen-bond donors (Lipinski definition) is 2. The molecule has 3 nitrogen and oxygen atoms in total. The van der Waals surface area contributed by atoms with E-state index in [0.29, 0.717) is 0 Å². The second-order valence-corrected chi connectivity index (χ2v) is 3.92. The summed E-state index contributed by atoms with van der Waals surface area (Å²) in [6.45, 7) is 5.68. The van der Waals surface area contributed by atoms with Gasteiger partial charge >= 0.3 is 6.09 Å². The van der Waals surface area contributed by atoms with E-state index < -0.39 is 11.6 Å². The Balaban J connectivity index is 2.91. The van der Waals surface area contributed by atoms with Crippen LogP contribution in [0, 0.1) is 6.92 Å². The van der Waals surface area contributed by atoms with Crippen molar-refractivity contribution < 1.29 is 9.90 Å². The average Bonchev–Trinajstić information content (AvgIpc) is 2.02. The SMILES string of the molecule is Cc1ccc(C(C)(C)NC(=O)O)cc1. The van der Waals surface area contributed by atoms with Crippen molar-refractivity contribution in [1.82, 2.24) is 5.32 Å². The van der Waals surface area contributed by atoms with Gasteiger partial charge in [0.1, 0.15) is 0 Å². The summed E-state index contributed by atoms with van der Waals surface area (Å²) in [5.41, 5.74) is 1.59. The third kappa shape index (κ3) is 2.49. The van der Waals surface area contributed by atoms with Crippen molar-refractivity contribution >= 4 is 6.09 Å². The van der Waals surface area contributed by atoms with E-state index >= 15 is 0 Å². The molecular formula is C11H15NO2. The predicted octanol–water partition coefficient (Wildman–Crippen LogP) is 2.50. The van der Waals surface area contributed by atoms with Crippen LogP contribution in [0.1, 0.15) is 25.0 Å². The van der Waals surface area contributed by atoms with Crippen LogP contribution >= 0.6 is 0 Å². The van der Waals surface area contributed by atoms with Crippen LogP contribution in [-0.2, 0) is 5.54 Å². The number of benzene rings is 1. The summed E-state index contributed by atoms with van der Waals surface area (Å²) in [4.78, 5) is 10.5. The molecule has 0 fully saturated rings. The molecule has 76 valence electrons. The van der Waals surface area contributed by atoms with Crippen molar-refractivity contribution in [2.24, 2.45) is 0 Å². The monoisotopic (exact) mass is 193 g/mol. The van der Waals surface area contributed by atoms with Gasteiger partial charge in [-0.2, -0.15) is 0 Å². The summed E-state index contributed by atoms with van der Waals surface area (Å²) in [6.07, 6.45) is -1.00. The van der Waals surface area contributed by atoms with Crippen molar-refractivity contribution in [3.63, 3.8) is 0 Å². The van der Waals surface area contributed by atoms with Crippen LogP contribution in [0.15, 0.2) is 24.3 Å². The highest BCUT2D eigenvalue weighted by molar-refractivity contribution is 5.66. The fourth-order valence-corrected chi connectivity index (χ4v) is 1.31. The minimum atomic E-state index is -1.00. The van der Waals surface area contributed by atoms with Gasteiger partial charge in [-0.3, -0.25) is 0 Å². The Kier molecular flexibility index (Phi) is 2.79. The van der Waals surface area contributed by atoms with E-state index in [1.165, 1.54) is 5.56 Å². The van der Waals surface area contributed by atoms with E-state index in [2.05, 4.69) is 5.32 Å². The maximum atomic E-state index is 10.5. The molecule has 0 aliphatic heterocycles. The summed E-state index contributed by atoms with van der Waals surface area (Å²) in [5, 5.41) is 11.1. The summed E-state index contributed by atoms with van der Waals surface area (Å²) in [6, 6.07) is 7.82. The van der Waals surface area contributed by atoms with Crippen LogP contribution in [0.25, 0.3) is 0 Å². The second kappa shape index (κ2) is 3.70. The average molecular weight is 193 g/mol. The third-order valence-electron chi connectivity index (χ3n) is 2.19. The van der Waals surface area contributed by atoms with Crippen molar-refractivity contribution in [3.8, 4) is 0 Å². The molecule has 0 atom stereocenters. The lowest BCUT2D eigenvalue weighted by Gasteiger charge is -2.25. The number of carbonyl (C=O) groups is 1. The first kappa shape index (κ1) is 10.6. The van der Waals surface area contributed by atoms with Gasteiger partial charge in [-0.05, 0) is 26.3 Å². The first-order valence-corrected chi connectivity index (χ1v) is 4.50. The van der Waals surface area contributed by atoms with E-state index in [0.717, 1.165) is 5.56 Å². The molecule has 1 rings (SSSR count). The van der Waals surface area contributed by atoms with Crippen molar-refractivity contribution in [2.75, 3.05) is 0 Å². The van der Waals surface area contributed by atoms with Crippen molar-refractivity contribution in [3.05, 3.63) is 35.4 Å². The lowest BCUT2D eigenvalue weighted by Crippen LogP contribution is -2.39. The number of amides is 1. The Hall–Kier alpha value is -1.51. The lowest BCUT2D eigenvalue weighted by atomic mass is 9.94. The lowest BCUT2D eigenvalue weighted by molar-refractivity contribution is 0.182. The Morgan fingerprint density at radius 1 is 1.29 bits per heavy atom. The number of carboxylic acid groups (broad SMARTS) is 1. The smallest absolute Gasteiger partial charge is 0.405 e. The minimum absolute atomic E-state index is 0.542. The van der Waals surface area contributed by atoms with E-state index in [1.807, 2.05) is 45.0 Å². The van der Waals surface area contributed by atoms with Crippen molar-refractivity contribution in [2.45, 2.75) is 26.3 Å². The Morgan fingerprint density at radius 3 is 2.21 bits per heavy atom. The second-order valence-electron chi connectivity index (χ2n) is 3.92.